The van der Waals surface area contributed by atoms with E-state index in [-0.39, 0.29) is 27.7 Å². The molecule has 1 aliphatic rings. The summed E-state index contributed by atoms with van der Waals surface area (Å²) in [5, 5.41) is 0. The standard InChI is InChI=1S/C20H20N4O6S3/c1-31(25,26)23-12-4-5-16-8-9-17(13-20(16)23)24(32(27,28)18-6-2-10-21-14-18)33(29,30)19-7-3-11-22-15-19/h2-3,6-11,13-15H,4-5,12H2,1H3. The van der Waals surface area contributed by atoms with Gasteiger partial charge in [-0.1, -0.05) is 6.07 Å². The molecule has 0 atom stereocenters. The van der Waals surface area contributed by atoms with E-state index in [0.29, 0.717) is 22.1 Å². The third-order valence-electron chi connectivity index (χ3n) is 5.06. The average molecular weight is 509 g/mol. The first-order chi connectivity index (χ1) is 15.5. The van der Waals surface area contributed by atoms with Crippen molar-refractivity contribution in [1.82, 2.24) is 9.97 Å². The van der Waals surface area contributed by atoms with Crippen LogP contribution in [-0.2, 0) is 36.5 Å². The Morgan fingerprint density at radius 2 is 1.42 bits per heavy atom. The Kier molecular flexibility index (Phi) is 5.88. The number of hydrogen-bond acceptors (Lipinski definition) is 8. The maximum Gasteiger partial charge on any atom is 0.279 e. The molecule has 2 aromatic heterocycles. The van der Waals surface area contributed by atoms with Crippen LogP contribution in [0.15, 0.2) is 77.0 Å². The lowest BCUT2D eigenvalue weighted by Crippen LogP contribution is -2.38. The number of aryl methyl sites for hydroxylation is 1. The highest BCUT2D eigenvalue weighted by atomic mass is 32.3. The predicted octanol–water partition coefficient (Wildman–Crippen LogP) is 1.77. The van der Waals surface area contributed by atoms with Crippen molar-refractivity contribution in [3.05, 3.63) is 72.8 Å². The molecule has 33 heavy (non-hydrogen) atoms. The van der Waals surface area contributed by atoms with Crippen molar-refractivity contribution in [3.63, 3.8) is 0 Å². The minimum atomic E-state index is -4.65. The quantitative estimate of drug-likeness (QED) is 0.492. The van der Waals surface area contributed by atoms with E-state index in [4.69, 9.17) is 0 Å². The summed E-state index contributed by atoms with van der Waals surface area (Å²) in [4.78, 5) is 6.92. The van der Waals surface area contributed by atoms with Crippen LogP contribution in [-0.4, -0.2) is 48.0 Å². The fraction of sp³-hybridized carbons (Fsp3) is 0.200. The summed E-state index contributed by atoms with van der Waals surface area (Å²) < 4.78 is 80.3. The molecule has 0 radical (unpaired) electrons. The molecule has 0 saturated carbocycles. The number of aromatic nitrogens is 2. The highest BCUT2D eigenvalue weighted by molar-refractivity contribution is 8.10. The van der Waals surface area contributed by atoms with E-state index in [1.54, 1.807) is 6.07 Å². The zero-order valence-corrected chi connectivity index (χ0v) is 19.9. The zero-order valence-electron chi connectivity index (χ0n) is 17.4. The molecule has 0 unspecified atom stereocenters. The predicted molar refractivity (Wildman–Crippen MR) is 122 cm³/mol. The van der Waals surface area contributed by atoms with Gasteiger partial charge in [0.05, 0.1) is 17.6 Å². The Balaban J connectivity index is 1.98. The smallest absolute Gasteiger partial charge is 0.270 e. The fourth-order valence-electron chi connectivity index (χ4n) is 3.58. The molecule has 174 valence electrons. The second-order valence-corrected chi connectivity index (χ2v) is 13.0. The lowest BCUT2D eigenvalue weighted by atomic mass is 10.0. The first kappa shape index (κ1) is 23.1. The van der Waals surface area contributed by atoms with Crippen LogP contribution < -0.4 is 8.02 Å². The molecule has 3 heterocycles. The van der Waals surface area contributed by atoms with Crippen LogP contribution in [0.1, 0.15) is 12.0 Å². The molecule has 0 N–H and O–H groups in total. The average Bonchev–Trinajstić information content (AvgIpc) is 2.79. The Morgan fingerprint density at radius 1 is 0.848 bits per heavy atom. The monoisotopic (exact) mass is 508 g/mol. The van der Waals surface area contributed by atoms with Crippen LogP contribution in [0, 0.1) is 0 Å². The van der Waals surface area contributed by atoms with Crippen molar-refractivity contribution in [2.75, 3.05) is 20.8 Å². The Morgan fingerprint density at radius 3 is 1.91 bits per heavy atom. The fourth-order valence-corrected chi connectivity index (χ4v) is 8.18. The summed E-state index contributed by atoms with van der Waals surface area (Å²) in [6.45, 7) is 0.208. The van der Waals surface area contributed by atoms with E-state index >= 15 is 0 Å². The van der Waals surface area contributed by atoms with E-state index in [1.807, 2.05) is 0 Å². The molecule has 0 spiro atoms. The van der Waals surface area contributed by atoms with E-state index in [2.05, 4.69) is 9.97 Å². The molecule has 0 aliphatic carbocycles. The minimum Gasteiger partial charge on any atom is -0.270 e. The lowest BCUT2D eigenvalue weighted by Gasteiger charge is -2.31. The number of hydrogen-bond donors (Lipinski definition) is 0. The summed E-state index contributed by atoms with van der Waals surface area (Å²) in [7, 11) is -13.0. The summed E-state index contributed by atoms with van der Waals surface area (Å²) in [5.74, 6) is 0. The van der Waals surface area contributed by atoms with Crippen molar-refractivity contribution in [2.24, 2.45) is 0 Å². The second-order valence-electron chi connectivity index (χ2n) is 7.34. The summed E-state index contributed by atoms with van der Waals surface area (Å²) in [5.41, 5.74) is 0.693. The van der Waals surface area contributed by atoms with Crippen LogP contribution >= 0.6 is 0 Å². The van der Waals surface area contributed by atoms with Crippen LogP contribution in [0.4, 0.5) is 11.4 Å². The molecule has 10 nitrogen and oxygen atoms in total. The van der Waals surface area contributed by atoms with E-state index in [1.165, 1.54) is 48.8 Å². The van der Waals surface area contributed by atoms with Crippen molar-refractivity contribution in [1.29, 1.82) is 0 Å². The third-order valence-corrected chi connectivity index (χ3v) is 10.4. The van der Waals surface area contributed by atoms with E-state index < -0.39 is 30.1 Å². The van der Waals surface area contributed by atoms with E-state index in [9.17, 15) is 25.3 Å². The summed E-state index contributed by atoms with van der Waals surface area (Å²) in [6.07, 6.45) is 7.02. The van der Waals surface area contributed by atoms with Crippen molar-refractivity contribution in [3.8, 4) is 0 Å². The largest absolute Gasteiger partial charge is 0.279 e. The molecular weight excluding hydrogens is 488 g/mol. The number of anilines is 2. The number of pyridine rings is 2. The summed E-state index contributed by atoms with van der Waals surface area (Å²) >= 11 is 0. The second kappa shape index (κ2) is 8.39. The van der Waals surface area contributed by atoms with Gasteiger partial charge in [-0.3, -0.25) is 14.3 Å². The highest BCUT2D eigenvalue weighted by Crippen LogP contribution is 2.37. The van der Waals surface area contributed by atoms with Crippen LogP contribution in [0.5, 0.6) is 0 Å². The van der Waals surface area contributed by atoms with Crippen LogP contribution in [0.25, 0.3) is 0 Å². The Hall–Kier alpha value is -3.03. The number of fused-ring (bicyclic) bond motifs is 1. The zero-order chi connectivity index (χ0) is 23.9. The molecule has 1 aliphatic heterocycles. The first-order valence-electron chi connectivity index (χ1n) is 9.74. The normalized spacial score (nSPS) is 14.5. The molecule has 3 aromatic rings. The van der Waals surface area contributed by atoms with Gasteiger partial charge in [-0.05, 0) is 54.8 Å². The number of benzene rings is 1. The molecule has 0 fully saturated rings. The number of rotatable bonds is 6. The summed E-state index contributed by atoms with van der Waals surface area (Å²) in [6, 6.07) is 9.39. The van der Waals surface area contributed by atoms with Gasteiger partial charge < -0.3 is 0 Å². The van der Waals surface area contributed by atoms with Crippen LogP contribution in [0.2, 0.25) is 0 Å². The van der Waals surface area contributed by atoms with Crippen molar-refractivity contribution >= 4 is 41.4 Å². The number of nitrogens with zero attached hydrogens (tertiary/aromatic N) is 4. The van der Waals surface area contributed by atoms with Gasteiger partial charge in [0.25, 0.3) is 20.0 Å². The lowest BCUT2D eigenvalue weighted by molar-refractivity contribution is 0.583. The number of sulfonamides is 3. The van der Waals surface area contributed by atoms with Gasteiger partial charge in [0.2, 0.25) is 10.0 Å². The maximum atomic E-state index is 13.6. The van der Waals surface area contributed by atoms with Gasteiger partial charge in [0.15, 0.2) is 0 Å². The third kappa shape index (κ3) is 4.30. The van der Waals surface area contributed by atoms with Gasteiger partial charge in [-0.25, -0.2) is 8.42 Å². The molecule has 0 bridgehead atoms. The van der Waals surface area contributed by atoms with Gasteiger partial charge in [0.1, 0.15) is 9.79 Å². The van der Waals surface area contributed by atoms with Gasteiger partial charge in [0, 0.05) is 31.3 Å². The SMILES string of the molecule is CS(=O)(=O)N1CCCc2ccc(N(S(=O)(=O)c3cccnc3)S(=O)(=O)c3cccnc3)cc21. The maximum absolute atomic E-state index is 13.6. The van der Waals surface area contributed by atoms with Crippen molar-refractivity contribution < 1.29 is 25.3 Å². The molecule has 1 aromatic carbocycles. The topological polar surface area (TPSA) is 135 Å². The van der Waals surface area contributed by atoms with Gasteiger partial charge in [-0.15, -0.1) is 0 Å². The van der Waals surface area contributed by atoms with Gasteiger partial charge >= 0.3 is 0 Å². The molecule has 4 rings (SSSR count). The van der Waals surface area contributed by atoms with Crippen LogP contribution in [0.3, 0.4) is 0 Å². The molecule has 13 heteroatoms. The first-order valence-corrected chi connectivity index (χ1v) is 14.5. The van der Waals surface area contributed by atoms with Crippen molar-refractivity contribution in [2.45, 2.75) is 22.6 Å². The highest BCUT2D eigenvalue weighted by Gasteiger charge is 2.38. The van der Waals surface area contributed by atoms with Gasteiger partial charge in [-0.2, -0.15) is 20.5 Å². The van der Waals surface area contributed by atoms with E-state index in [0.717, 1.165) is 23.0 Å². The minimum absolute atomic E-state index is 0.208. The Labute approximate surface area is 192 Å². The molecule has 0 amide bonds. The molecule has 0 saturated heterocycles. The molecular formula is C20H20N4O6S3. The Bertz CT molecular complexity index is 1420.